The van der Waals surface area contributed by atoms with E-state index in [1.54, 1.807) is 23.5 Å². The average molecular weight is 415 g/mol. The second kappa shape index (κ2) is 9.60. The number of carbonyl (C=O) groups is 1. The SMILES string of the molecule is Cc1cnc(N2CCN(C(=O)OC(C)(C)C)CC2)c(OCCOc2cccnc2)n1. The molecule has 3 rings (SSSR count). The van der Waals surface area contributed by atoms with Crippen LogP contribution in [0.25, 0.3) is 0 Å². The minimum atomic E-state index is -0.504. The lowest BCUT2D eigenvalue weighted by molar-refractivity contribution is 0.0240. The molecule has 3 heterocycles. The molecule has 1 fully saturated rings. The van der Waals surface area contributed by atoms with Gasteiger partial charge in [-0.25, -0.2) is 14.8 Å². The highest BCUT2D eigenvalue weighted by Gasteiger charge is 2.27. The first kappa shape index (κ1) is 21.6. The number of amides is 1. The van der Waals surface area contributed by atoms with Crippen LogP contribution in [0.1, 0.15) is 26.5 Å². The van der Waals surface area contributed by atoms with Gasteiger partial charge in [-0.1, -0.05) is 0 Å². The Morgan fingerprint density at radius 3 is 2.50 bits per heavy atom. The standard InChI is InChI=1S/C21H29N5O4/c1-16-14-23-18(19(24-16)29-13-12-28-17-6-5-7-22-15-17)25-8-10-26(11-9-25)20(27)30-21(2,3)4/h5-7,14-15H,8-13H2,1-4H3. The number of aryl methyl sites for hydroxylation is 1. The molecule has 0 aromatic carbocycles. The highest BCUT2D eigenvalue weighted by molar-refractivity contribution is 5.68. The summed E-state index contributed by atoms with van der Waals surface area (Å²) in [4.78, 5) is 29.1. The summed E-state index contributed by atoms with van der Waals surface area (Å²) in [7, 11) is 0. The van der Waals surface area contributed by atoms with Crippen molar-refractivity contribution in [2.24, 2.45) is 0 Å². The number of pyridine rings is 1. The Bertz CT molecular complexity index is 833. The topological polar surface area (TPSA) is 89.9 Å². The van der Waals surface area contributed by atoms with Crippen LogP contribution >= 0.6 is 0 Å². The van der Waals surface area contributed by atoms with Gasteiger partial charge in [-0.15, -0.1) is 0 Å². The van der Waals surface area contributed by atoms with E-state index in [4.69, 9.17) is 14.2 Å². The van der Waals surface area contributed by atoms with Gasteiger partial charge < -0.3 is 24.0 Å². The van der Waals surface area contributed by atoms with Gasteiger partial charge in [-0.3, -0.25) is 4.98 Å². The van der Waals surface area contributed by atoms with Crippen LogP contribution in [0.15, 0.2) is 30.7 Å². The number of anilines is 1. The molecule has 0 spiro atoms. The molecule has 9 heteroatoms. The van der Waals surface area contributed by atoms with Gasteiger partial charge in [-0.2, -0.15) is 0 Å². The summed E-state index contributed by atoms with van der Waals surface area (Å²) in [6.45, 7) is 10.5. The van der Waals surface area contributed by atoms with Gasteiger partial charge in [0.2, 0.25) is 0 Å². The Labute approximate surface area is 177 Å². The van der Waals surface area contributed by atoms with Crippen LogP contribution in [-0.4, -0.2) is 70.9 Å². The molecule has 1 aliphatic heterocycles. The van der Waals surface area contributed by atoms with Crippen LogP contribution in [0.3, 0.4) is 0 Å². The van der Waals surface area contributed by atoms with Gasteiger partial charge in [0, 0.05) is 32.4 Å². The third-order valence-electron chi connectivity index (χ3n) is 4.30. The van der Waals surface area contributed by atoms with Crippen molar-refractivity contribution in [1.29, 1.82) is 0 Å². The van der Waals surface area contributed by atoms with Crippen LogP contribution in [0.2, 0.25) is 0 Å². The first-order valence-electron chi connectivity index (χ1n) is 10.0. The average Bonchev–Trinajstić information content (AvgIpc) is 2.71. The van der Waals surface area contributed by atoms with Crippen LogP contribution < -0.4 is 14.4 Å². The van der Waals surface area contributed by atoms with E-state index in [1.165, 1.54) is 0 Å². The third kappa shape index (κ3) is 6.20. The van der Waals surface area contributed by atoms with Crippen molar-refractivity contribution in [2.75, 3.05) is 44.3 Å². The molecule has 2 aromatic rings. The van der Waals surface area contributed by atoms with Crippen molar-refractivity contribution >= 4 is 11.9 Å². The predicted octanol–water partition coefficient (Wildman–Crippen LogP) is 2.69. The van der Waals surface area contributed by atoms with Crippen LogP contribution in [0, 0.1) is 6.92 Å². The van der Waals surface area contributed by atoms with Gasteiger partial charge in [0.25, 0.3) is 5.88 Å². The molecule has 0 radical (unpaired) electrons. The third-order valence-corrected chi connectivity index (χ3v) is 4.30. The second-order valence-electron chi connectivity index (χ2n) is 7.98. The molecule has 2 aromatic heterocycles. The van der Waals surface area contributed by atoms with Crippen molar-refractivity contribution < 1.29 is 19.0 Å². The van der Waals surface area contributed by atoms with E-state index in [9.17, 15) is 4.79 Å². The summed E-state index contributed by atoms with van der Waals surface area (Å²) in [5.74, 6) is 1.83. The van der Waals surface area contributed by atoms with Crippen LogP contribution in [0.4, 0.5) is 10.6 Å². The Morgan fingerprint density at radius 1 is 1.10 bits per heavy atom. The quantitative estimate of drug-likeness (QED) is 0.665. The zero-order valence-corrected chi connectivity index (χ0v) is 18.0. The lowest BCUT2D eigenvalue weighted by atomic mass is 10.2. The Hall–Kier alpha value is -3.10. The molecule has 0 N–H and O–H groups in total. The van der Waals surface area contributed by atoms with Crippen molar-refractivity contribution in [2.45, 2.75) is 33.3 Å². The number of carbonyl (C=O) groups excluding carboxylic acids is 1. The number of aromatic nitrogens is 3. The zero-order chi connectivity index (χ0) is 21.6. The summed E-state index contributed by atoms with van der Waals surface area (Å²) in [5.41, 5.74) is 0.268. The summed E-state index contributed by atoms with van der Waals surface area (Å²) >= 11 is 0. The monoisotopic (exact) mass is 415 g/mol. The molecule has 1 amide bonds. The molecule has 0 bridgehead atoms. The first-order valence-corrected chi connectivity index (χ1v) is 10.0. The predicted molar refractivity (Wildman–Crippen MR) is 112 cm³/mol. The Kier molecular flexibility index (Phi) is 6.91. The number of ether oxygens (including phenoxy) is 3. The van der Waals surface area contributed by atoms with E-state index in [0.29, 0.717) is 56.8 Å². The molecule has 1 saturated heterocycles. The molecule has 30 heavy (non-hydrogen) atoms. The molecule has 162 valence electrons. The Balaban J connectivity index is 1.55. The first-order chi connectivity index (χ1) is 14.3. The maximum Gasteiger partial charge on any atom is 0.410 e. The highest BCUT2D eigenvalue weighted by atomic mass is 16.6. The summed E-state index contributed by atoms with van der Waals surface area (Å²) in [6.07, 6.45) is 4.78. The van der Waals surface area contributed by atoms with Crippen LogP contribution in [0.5, 0.6) is 11.6 Å². The summed E-state index contributed by atoms with van der Waals surface area (Å²) in [6, 6.07) is 3.66. The smallest absolute Gasteiger partial charge is 0.410 e. The molecule has 0 atom stereocenters. The van der Waals surface area contributed by atoms with E-state index < -0.39 is 5.60 Å². The number of hydrogen-bond acceptors (Lipinski definition) is 8. The Morgan fingerprint density at radius 2 is 1.83 bits per heavy atom. The van der Waals surface area contributed by atoms with E-state index >= 15 is 0 Å². The lowest BCUT2D eigenvalue weighted by Gasteiger charge is -2.36. The van der Waals surface area contributed by atoms with E-state index in [1.807, 2.05) is 39.8 Å². The van der Waals surface area contributed by atoms with Gasteiger partial charge in [0.15, 0.2) is 5.82 Å². The fraction of sp³-hybridized carbons (Fsp3) is 0.524. The number of piperazine rings is 1. The molecule has 0 unspecified atom stereocenters. The minimum absolute atomic E-state index is 0.291. The van der Waals surface area contributed by atoms with Crippen molar-refractivity contribution in [3.8, 4) is 11.6 Å². The number of nitrogens with zero attached hydrogens (tertiary/aromatic N) is 5. The van der Waals surface area contributed by atoms with E-state index in [2.05, 4.69) is 19.9 Å². The maximum atomic E-state index is 12.3. The number of rotatable bonds is 6. The number of hydrogen-bond donors (Lipinski definition) is 0. The largest absolute Gasteiger partial charge is 0.488 e. The van der Waals surface area contributed by atoms with E-state index in [0.717, 1.165) is 5.69 Å². The highest BCUT2D eigenvalue weighted by Crippen LogP contribution is 2.25. The summed E-state index contributed by atoms with van der Waals surface area (Å²) in [5, 5.41) is 0. The zero-order valence-electron chi connectivity index (χ0n) is 18.0. The molecule has 9 nitrogen and oxygen atoms in total. The fourth-order valence-electron chi connectivity index (χ4n) is 2.92. The maximum absolute atomic E-state index is 12.3. The van der Waals surface area contributed by atoms with Gasteiger partial charge in [0.1, 0.15) is 24.6 Å². The fourth-order valence-corrected chi connectivity index (χ4v) is 2.92. The molecular weight excluding hydrogens is 386 g/mol. The normalized spacial score (nSPS) is 14.4. The second-order valence-corrected chi connectivity index (χ2v) is 7.98. The van der Waals surface area contributed by atoms with Gasteiger partial charge in [0.05, 0.1) is 18.1 Å². The summed E-state index contributed by atoms with van der Waals surface area (Å²) < 4.78 is 16.9. The van der Waals surface area contributed by atoms with Crippen molar-refractivity contribution in [1.82, 2.24) is 19.9 Å². The van der Waals surface area contributed by atoms with Crippen molar-refractivity contribution in [3.05, 3.63) is 36.4 Å². The van der Waals surface area contributed by atoms with Gasteiger partial charge >= 0.3 is 6.09 Å². The van der Waals surface area contributed by atoms with Gasteiger partial charge in [-0.05, 0) is 39.8 Å². The van der Waals surface area contributed by atoms with E-state index in [-0.39, 0.29) is 6.09 Å². The lowest BCUT2D eigenvalue weighted by Crippen LogP contribution is -2.50. The molecule has 1 aliphatic rings. The molecule has 0 aliphatic carbocycles. The van der Waals surface area contributed by atoms with Crippen LogP contribution in [-0.2, 0) is 4.74 Å². The van der Waals surface area contributed by atoms with Crippen molar-refractivity contribution in [3.63, 3.8) is 0 Å². The molecular formula is C21H29N5O4. The molecule has 0 saturated carbocycles. The minimum Gasteiger partial charge on any atom is -0.488 e.